The van der Waals surface area contributed by atoms with Crippen LogP contribution in [0, 0.1) is 17.5 Å². The molecule has 0 aliphatic carbocycles. The van der Waals surface area contributed by atoms with Crippen molar-refractivity contribution < 1.29 is 23.1 Å². The summed E-state index contributed by atoms with van der Waals surface area (Å²) in [7, 11) is 0. The lowest BCUT2D eigenvalue weighted by Crippen LogP contribution is -2.52. The van der Waals surface area contributed by atoms with Gasteiger partial charge < -0.3 is 15.3 Å². The molecule has 0 bridgehead atoms. The zero-order chi connectivity index (χ0) is 16.6. The van der Waals surface area contributed by atoms with Crippen LogP contribution in [0.15, 0.2) is 6.07 Å². The molecule has 0 radical (unpaired) electrons. The van der Waals surface area contributed by atoms with E-state index in [-0.39, 0.29) is 12.4 Å². The third kappa shape index (κ3) is 3.45. The van der Waals surface area contributed by atoms with Crippen LogP contribution < -0.4 is 5.32 Å². The Bertz CT molecular complexity index is 618. The smallest absolute Gasteiger partial charge is 0.257 e. The number of benzene rings is 1. The van der Waals surface area contributed by atoms with Crippen molar-refractivity contribution in [2.75, 3.05) is 39.3 Å². The molecule has 2 aliphatic heterocycles. The number of halogens is 4. The van der Waals surface area contributed by atoms with Crippen LogP contribution in [0.2, 0.25) is 0 Å². The Kier molecular flexibility index (Phi) is 5.95. The first kappa shape index (κ1) is 18.8. The van der Waals surface area contributed by atoms with Crippen molar-refractivity contribution in [2.45, 2.75) is 12.5 Å². The van der Waals surface area contributed by atoms with Crippen molar-refractivity contribution in [1.82, 2.24) is 15.1 Å². The van der Waals surface area contributed by atoms with Gasteiger partial charge in [0.15, 0.2) is 17.4 Å². The van der Waals surface area contributed by atoms with Crippen LogP contribution in [0.5, 0.6) is 5.75 Å². The second kappa shape index (κ2) is 7.58. The van der Waals surface area contributed by atoms with E-state index in [9.17, 15) is 23.1 Å². The molecule has 1 unspecified atom stereocenters. The van der Waals surface area contributed by atoms with Gasteiger partial charge in [0.05, 0.1) is 5.56 Å². The van der Waals surface area contributed by atoms with Crippen LogP contribution in [-0.4, -0.2) is 66.1 Å². The van der Waals surface area contributed by atoms with Gasteiger partial charge in [-0.2, -0.15) is 4.39 Å². The van der Waals surface area contributed by atoms with E-state index >= 15 is 0 Å². The molecule has 0 spiro atoms. The summed E-state index contributed by atoms with van der Waals surface area (Å²) in [6, 6.07) is 0.941. The van der Waals surface area contributed by atoms with Gasteiger partial charge in [-0.25, -0.2) is 8.78 Å². The molecule has 2 aliphatic rings. The molecule has 1 amide bonds. The predicted molar refractivity (Wildman–Crippen MR) is 84.0 cm³/mol. The first-order valence-corrected chi connectivity index (χ1v) is 7.59. The molecule has 0 saturated carbocycles. The van der Waals surface area contributed by atoms with E-state index < -0.39 is 34.7 Å². The number of amides is 1. The number of phenols is 1. The highest BCUT2D eigenvalue weighted by Crippen LogP contribution is 2.27. The number of phenolic OH excluding ortho intramolecular Hbond substituents is 1. The summed E-state index contributed by atoms with van der Waals surface area (Å²) >= 11 is 0. The number of carbonyl (C=O) groups is 1. The Labute approximate surface area is 143 Å². The van der Waals surface area contributed by atoms with E-state index in [4.69, 9.17) is 0 Å². The number of piperazine rings is 1. The maximum atomic E-state index is 13.8. The van der Waals surface area contributed by atoms with Gasteiger partial charge in [0.1, 0.15) is 0 Å². The zero-order valence-electron chi connectivity index (χ0n) is 12.9. The van der Waals surface area contributed by atoms with E-state index in [1.54, 1.807) is 0 Å². The van der Waals surface area contributed by atoms with Gasteiger partial charge in [-0.1, -0.05) is 0 Å². The lowest BCUT2D eigenvalue weighted by atomic mass is 10.1. The second-order valence-electron chi connectivity index (χ2n) is 5.86. The van der Waals surface area contributed by atoms with E-state index in [2.05, 4.69) is 10.2 Å². The van der Waals surface area contributed by atoms with E-state index in [0.717, 1.165) is 19.5 Å². The first-order valence-electron chi connectivity index (χ1n) is 7.59. The monoisotopic (exact) mass is 365 g/mol. The van der Waals surface area contributed by atoms with Crippen molar-refractivity contribution in [3.63, 3.8) is 0 Å². The Balaban J connectivity index is 0.00000208. The number of hydrogen-bond acceptors (Lipinski definition) is 4. The van der Waals surface area contributed by atoms with E-state index in [1.165, 1.54) is 4.90 Å². The zero-order valence-corrected chi connectivity index (χ0v) is 13.7. The first-order chi connectivity index (χ1) is 11.0. The van der Waals surface area contributed by atoms with Gasteiger partial charge in [-0.15, -0.1) is 12.4 Å². The van der Waals surface area contributed by atoms with Gasteiger partial charge in [-0.05, 0) is 19.0 Å². The molecular formula is C15H19ClF3N3O2. The Morgan fingerprint density at radius 1 is 1.17 bits per heavy atom. The van der Waals surface area contributed by atoms with E-state index in [0.29, 0.717) is 38.3 Å². The average Bonchev–Trinajstić information content (AvgIpc) is 3.10. The Morgan fingerprint density at radius 3 is 2.42 bits per heavy atom. The summed E-state index contributed by atoms with van der Waals surface area (Å²) in [6.45, 7) is 3.95. The number of aromatic hydroxyl groups is 1. The summed E-state index contributed by atoms with van der Waals surface area (Å²) in [5.41, 5.74) is -0.641. The Morgan fingerprint density at radius 2 is 1.83 bits per heavy atom. The normalized spacial score (nSPS) is 21.6. The van der Waals surface area contributed by atoms with Crippen molar-refractivity contribution in [3.05, 3.63) is 29.1 Å². The second-order valence-corrected chi connectivity index (χ2v) is 5.86. The molecule has 1 aromatic carbocycles. The number of rotatable bonds is 2. The molecule has 2 fully saturated rings. The highest BCUT2D eigenvalue weighted by molar-refractivity contribution is 5.95. The lowest BCUT2D eigenvalue weighted by molar-refractivity contribution is 0.0578. The molecule has 2 saturated heterocycles. The minimum atomic E-state index is -1.68. The molecule has 9 heteroatoms. The van der Waals surface area contributed by atoms with Gasteiger partial charge in [-0.3, -0.25) is 9.69 Å². The largest absolute Gasteiger partial charge is 0.503 e. The topological polar surface area (TPSA) is 55.8 Å². The maximum absolute atomic E-state index is 13.8. The van der Waals surface area contributed by atoms with Crippen molar-refractivity contribution in [2.24, 2.45) is 0 Å². The average molecular weight is 366 g/mol. The maximum Gasteiger partial charge on any atom is 0.257 e. The third-order valence-corrected chi connectivity index (χ3v) is 4.52. The minimum absolute atomic E-state index is 0. The molecule has 0 aromatic heterocycles. The summed E-state index contributed by atoms with van der Waals surface area (Å²) in [5.74, 6) is -6.73. The van der Waals surface area contributed by atoms with Gasteiger partial charge in [0.25, 0.3) is 5.91 Å². The molecule has 5 nitrogen and oxygen atoms in total. The van der Waals surface area contributed by atoms with Crippen LogP contribution in [0.4, 0.5) is 13.2 Å². The van der Waals surface area contributed by atoms with E-state index in [1.807, 2.05) is 0 Å². The fourth-order valence-corrected chi connectivity index (χ4v) is 3.16. The minimum Gasteiger partial charge on any atom is -0.503 e. The number of hydrogen-bond donors (Lipinski definition) is 2. The fourth-order valence-electron chi connectivity index (χ4n) is 3.16. The quantitative estimate of drug-likeness (QED) is 0.777. The van der Waals surface area contributed by atoms with Crippen LogP contribution in [0.3, 0.4) is 0 Å². The number of nitrogens with zero attached hydrogens (tertiary/aromatic N) is 2. The molecule has 24 heavy (non-hydrogen) atoms. The SMILES string of the molecule is Cl.O=C(c1cc(F)c(F)c(O)c1F)N1CCN(C2CCNC2)CC1. The molecule has 1 atom stereocenters. The summed E-state index contributed by atoms with van der Waals surface area (Å²) in [5, 5.41) is 12.5. The van der Waals surface area contributed by atoms with Crippen molar-refractivity contribution in [1.29, 1.82) is 0 Å². The molecular weight excluding hydrogens is 347 g/mol. The molecule has 3 rings (SSSR count). The third-order valence-electron chi connectivity index (χ3n) is 4.52. The van der Waals surface area contributed by atoms with Gasteiger partial charge in [0.2, 0.25) is 5.82 Å². The van der Waals surface area contributed by atoms with Crippen LogP contribution in [-0.2, 0) is 0 Å². The molecule has 134 valence electrons. The summed E-state index contributed by atoms with van der Waals surface area (Å²) in [6.07, 6.45) is 1.06. The van der Waals surface area contributed by atoms with Crippen molar-refractivity contribution >= 4 is 18.3 Å². The fraction of sp³-hybridized carbons (Fsp3) is 0.533. The van der Waals surface area contributed by atoms with Gasteiger partial charge in [0, 0.05) is 38.8 Å². The van der Waals surface area contributed by atoms with Gasteiger partial charge >= 0.3 is 0 Å². The Hall–Kier alpha value is -1.51. The molecule has 2 N–H and O–H groups in total. The number of nitrogens with one attached hydrogen (secondary N) is 1. The highest BCUT2D eigenvalue weighted by Gasteiger charge is 2.30. The van der Waals surface area contributed by atoms with Crippen LogP contribution in [0.1, 0.15) is 16.8 Å². The molecule has 1 aromatic rings. The predicted octanol–water partition coefficient (Wildman–Crippen LogP) is 1.35. The standard InChI is InChI=1S/C15H18F3N3O2.ClH/c16-11-7-10(12(17)14(22)13(11)18)15(23)21-5-3-20(4-6-21)9-1-2-19-8-9;/h7,9,19,22H,1-6,8H2;1H. The summed E-state index contributed by atoms with van der Waals surface area (Å²) < 4.78 is 40.3. The van der Waals surface area contributed by atoms with Crippen molar-refractivity contribution in [3.8, 4) is 5.75 Å². The van der Waals surface area contributed by atoms with Crippen LogP contribution in [0.25, 0.3) is 0 Å². The lowest BCUT2D eigenvalue weighted by Gasteiger charge is -2.37. The number of carbonyl (C=O) groups excluding carboxylic acids is 1. The highest BCUT2D eigenvalue weighted by atomic mass is 35.5. The van der Waals surface area contributed by atoms with Crippen LogP contribution >= 0.6 is 12.4 Å². The molecule has 2 heterocycles. The summed E-state index contributed by atoms with van der Waals surface area (Å²) in [4.78, 5) is 16.0.